The Hall–Kier alpha value is -1.95. The first-order valence-electron chi connectivity index (χ1n) is 5.81. The van der Waals surface area contributed by atoms with Crippen molar-refractivity contribution in [3.05, 3.63) is 48.3 Å². The molecule has 2 rings (SSSR count). The van der Waals surface area contributed by atoms with Crippen molar-refractivity contribution in [2.24, 2.45) is 0 Å². The molecule has 0 saturated carbocycles. The Morgan fingerprint density at radius 3 is 2.63 bits per heavy atom. The van der Waals surface area contributed by atoms with Crippen molar-refractivity contribution in [2.45, 2.75) is 17.9 Å². The Morgan fingerprint density at radius 1 is 1.32 bits per heavy atom. The molecule has 19 heavy (non-hydrogen) atoms. The van der Waals surface area contributed by atoms with E-state index in [0.717, 1.165) is 0 Å². The standard InChI is InChI=1S/C13H14N2O3S/c16-13(17)10-11-2-4-12(5-3-11)19(18)9-8-15-7-1-6-14-15/h1-7H,8-10H2,(H,16,17). The van der Waals surface area contributed by atoms with E-state index in [2.05, 4.69) is 5.10 Å². The van der Waals surface area contributed by atoms with Gasteiger partial charge in [0, 0.05) is 23.0 Å². The Balaban J connectivity index is 1.93. The number of benzene rings is 1. The molecule has 100 valence electrons. The molecule has 2 aromatic rings. The summed E-state index contributed by atoms with van der Waals surface area (Å²) in [5.41, 5.74) is 0.709. The number of aromatic nitrogens is 2. The van der Waals surface area contributed by atoms with Crippen LogP contribution >= 0.6 is 0 Å². The Bertz CT molecular complexity index is 564. The van der Waals surface area contributed by atoms with Crippen LogP contribution in [0, 0.1) is 0 Å². The number of carboxylic acid groups (broad SMARTS) is 1. The van der Waals surface area contributed by atoms with E-state index in [1.54, 1.807) is 35.1 Å². The van der Waals surface area contributed by atoms with Crippen molar-refractivity contribution in [2.75, 3.05) is 5.75 Å². The molecule has 1 aromatic heterocycles. The highest BCUT2D eigenvalue weighted by atomic mass is 32.2. The second kappa shape index (κ2) is 6.29. The SMILES string of the molecule is O=C(O)Cc1ccc(S(=O)CCn2cccn2)cc1. The quantitative estimate of drug-likeness (QED) is 0.865. The van der Waals surface area contributed by atoms with Crippen molar-refractivity contribution in [1.29, 1.82) is 0 Å². The number of hydrogen-bond donors (Lipinski definition) is 1. The second-order valence-electron chi connectivity index (χ2n) is 4.03. The van der Waals surface area contributed by atoms with Gasteiger partial charge in [0.1, 0.15) is 0 Å². The highest BCUT2D eigenvalue weighted by molar-refractivity contribution is 7.85. The van der Waals surface area contributed by atoms with E-state index in [-0.39, 0.29) is 6.42 Å². The van der Waals surface area contributed by atoms with E-state index in [1.165, 1.54) is 0 Å². The highest BCUT2D eigenvalue weighted by Gasteiger charge is 2.06. The third-order valence-corrected chi connectivity index (χ3v) is 3.96. The first-order valence-corrected chi connectivity index (χ1v) is 7.13. The van der Waals surface area contributed by atoms with Crippen LogP contribution in [0.2, 0.25) is 0 Å². The van der Waals surface area contributed by atoms with Gasteiger partial charge in [-0.1, -0.05) is 12.1 Å². The van der Waals surface area contributed by atoms with Gasteiger partial charge in [0.25, 0.3) is 0 Å². The van der Waals surface area contributed by atoms with Crippen LogP contribution in [-0.2, 0) is 28.6 Å². The smallest absolute Gasteiger partial charge is 0.307 e. The lowest BCUT2D eigenvalue weighted by molar-refractivity contribution is -0.136. The van der Waals surface area contributed by atoms with Gasteiger partial charge in [-0.15, -0.1) is 0 Å². The minimum absolute atomic E-state index is 0.0137. The molecule has 0 aliphatic heterocycles. The predicted octanol–water partition coefficient (Wildman–Crippen LogP) is 1.32. The van der Waals surface area contributed by atoms with Crippen LogP contribution in [0.3, 0.4) is 0 Å². The molecule has 0 aliphatic rings. The molecule has 0 spiro atoms. The number of carbonyl (C=O) groups is 1. The van der Waals surface area contributed by atoms with Crippen LogP contribution in [-0.4, -0.2) is 30.8 Å². The molecule has 1 heterocycles. The number of rotatable bonds is 6. The largest absolute Gasteiger partial charge is 0.481 e. The molecular weight excluding hydrogens is 264 g/mol. The number of hydrogen-bond acceptors (Lipinski definition) is 3. The van der Waals surface area contributed by atoms with Gasteiger partial charge in [0.15, 0.2) is 0 Å². The van der Waals surface area contributed by atoms with E-state index in [4.69, 9.17) is 5.11 Å². The summed E-state index contributed by atoms with van der Waals surface area (Å²) in [6.07, 6.45) is 3.50. The third-order valence-electron chi connectivity index (χ3n) is 2.61. The molecule has 0 saturated heterocycles. The average molecular weight is 278 g/mol. The van der Waals surface area contributed by atoms with E-state index in [9.17, 15) is 9.00 Å². The van der Waals surface area contributed by atoms with Crippen molar-refractivity contribution in [3.63, 3.8) is 0 Å². The molecule has 0 aliphatic carbocycles. The Kier molecular flexibility index (Phi) is 4.46. The topological polar surface area (TPSA) is 72.2 Å². The minimum Gasteiger partial charge on any atom is -0.481 e. The maximum Gasteiger partial charge on any atom is 0.307 e. The number of nitrogens with zero attached hydrogens (tertiary/aromatic N) is 2. The lowest BCUT2D eigenvalue weighted by atomic mass is 10.2. The molecule has 1 aromatic carbocycles. The van der Waals surface area contributed by atoms with Crippen molar-refractivity contribution in [1.82, 2.24) is 9.78 Å². The summed E-state index contributed by atoms with van der Waals surface area (Å²) in [7, 11) is -1.10. The monoisotopic (exact) mass is 278 g/mol. The van der Waals surface area contributed by atoms with Crippen molar-refractivity contribution < 1.29 is 14.1 Å². The minimum atomic E-state index is -1.10. The number of aliphatic carboxylic acids is 1. The van der Waals surface area contributed by atoms with Crippen molar-refractivity contribution in [3.8, 4) is 0 Å². The van der Waals surface area contributed by atoms with Gasteiger partial charge in [0.05, 0.1) is 23.8 Å². The molecular formula is C13H14N2O3S. The lowest BCUT2D eigenvalue weighted by Gasteiger charge is -2.04. The van der Waals surface area contributed by atoms with Crippen molar-refractivity contribution >= 4 is 16.8 Å². The zero-order valence-electron chi connectivity index (χ0n) is 10.2. The molecule has 5 nitrogen and oxygen atoms in total. The van der Waals surface area contributed by atoms with Crippen LogP contribution in [0.1, 0.15) is 5.56 Å². The number of carboxylic acids is 1. The summed E-state index contributed by atoms with van der Waals surface area (Å²) in [5.74, 6) is -0.382. The molecule has 0 fully saturated rings. The van der Waals surface area contributed by atoms with E-state index >= 15 is 0 Å². The van der Waals surface area contributed by atoms with E-state index < -0.39 is 16.8 Å². The van der Waals surface area contributed by atoms with Crippen LogP contribution in [0.5, 0.6) is 0 Å². The van der Waals surface area contributed by atoms with Gasteiger partial charge in [-0.05, 0) is 23.8 Å². The zero-order valence-corrected chi connectivity index (χ0v) is 11.0. The van der Waals surface area contributed by atoms with Crippen LogP contribution in [0.15, 0.2) is 47.6 Å². The number of aryl methyl sites for hydroxylation is 1. The molecule has 0 bridgehead atoms. The Morgan fingerprint density at radius 2 is 2.05 bits per heavy atom. The fourth-order valence-electron chi connectivity index (χ4n) is 1.66. The zero-order chi connectivity index (χ0) is 13.7. The second-order valence-corrected chi connectivity index (χ2v) is 5.60. The van der Waals surface area contributed by atoms with Gasteiger partial charge in [-0.3, -0.25) is 13.7 Å². The average Bonchev–Trinajstić information content (AvgIpc) is 2.89. The normalized spacial score (nSPS) is 12.2. The predicted molar refractivity (Wildman–Crippen MR) is 71.3 cm³/mol. The fourth-order valence-corrected chi connectivity index (χ4v) is 2.69. The molecule has 1 N–H and O–H groups in total. The van der Waals surface area contributed by atoms with Gasteiger partial charge >= 0.3 is 5.97 Å². The Labute approximate surface area is 113 Å². The van der Waals surface area contributed by atoms with Crippen LogP contribution < -0.4 is 0 Å². The van der Waals surface area contributed by atoms with E-state index in [0.29, 0.717) is 22.8 Å². The molecule has 0 radical (unpaired) electrons. The first kappa shape index (κ1) is 13.5. The summed E-state index contributed by atoms with van der Waals surface area (Å²) in [5, 5.41) is 12.7. The van der Waals surface area contributed by atoms with Crippen LogP contribution in [0.4, 0.5) is 0 Å². The third kappa shape index (κ3) is 4.03. The maximum absolute atomic E-state index is 12.0. The summed E-state index contributed by atoms with van der Waals surface area (Å²) in [6.45, 7) is 0.594. The van der Waals surface area contributed by atoms with Gasteiger partial charge in [-0.2, -0.15) is 5.10 Å². The van der Waals surface area contributed by atoms with Crippen LogP contribution in [0.25, 0.3) is 0 Å². The molecule has 0 amide bonds. The summed E-state index contributed by atoms with van der Waals surface area (Å²) in [4.78, 5) is 11.3. The van der Waals surface area contributed by atoms with Gasteiger partial charge in [-0.25, -0.2) is 0 Å². The molecule has 6 heteroatoms. The highest BCUT2D eigenvalue weighted by Crippen LogP contribution is 2.10. The summed E-state index contributed by atoms with van der Waals surface area (Å²) < 4.78 is 13.8. The summed E-state index contributed by atoms with van der Waals surface area (Å²) in [6, 6.07) is 8.67. The van der Waals surface area contributed by atoms with E-state index in [1.807, 2.05) is 12.3 Å². The lowest BCUT2D eigenvalue weighted by Crippen LogP contribution is -2.08. The fraction of sp³-hybridized carbons (Fsp3) is 0.231. The molecule has 1 unspecified atom stereocenters. The maximum atomic E-state index is 12.0. The summed E-state index contributed by atoms with van der Waals surface area (Å²) >= 11 is 0. The molecule has 1 atom stereocenters. The first-order chi connectivity index (χ1) is 9.15. The van der Waals surface area contributed by atoms with Gasteiger partial charge in [0.2, 0.25) is 0 Å². The van der Waals surface area contributed by atoms with Gasteiger partial charge < -0.3 is 5.11 Å².